The Bertz CT molecular complexity index is 736. The van der Waals surface area contributed by atoms with E-state index in [1.54, 1.807) is 24.1 Å². The quantitative estimate of drug-likeness (QED) is 0.390. The number of piperidine rings is 1. The van der Waals surface area contributed by atoms with Gasteiger partial charge < -0.3 is 21.1 Å². The highest BCUT2D eigenvalue weighted by molar-refractivity contribution is 7.97. The van der Waals surface area contributed by atoms with Crippen molar-refractivity contribution in [3.8, 4) is 0 Å². The van der Waals surface area contributed by atoms with Crippen LogP contribution in [-0.2, 0) is 4.74 Å². The first-order chi connectivity index (χ1) is 15.1. The fourth-order valence-electron chi connectivity index (χ4n) is 4.62. The molecule has 0 spiro atoms. The third-order valence-corrected chi connectivity index (χ3v) is 7.15. The van der Waals surface area contributed by atoms with Crippen LogP contribution in [0.4, 0.5) is 4.39 Å². The van der Waals surface area contributed by atoms with Crippen molar-refractivity contribution >= 4 is 11.9 Å². The Morgan fingerprint density at radius 1 is 1.29 bits per heavy atom. The molecule has 1 saturated carbocycles. The second kappa shape index (κ2) is 12.4. The molecule has 1 aromatic carbocycles. The van der Waals surface area contributed by atoms with Gasteiger partial charge in [0.2, 0.25) is 0 Å². The summed E-state index contributed by atoms with van der Waals surface area (Å²) in [5.74, 6) is 2.47. The second-order valence-electron chi connectivity index (χ2n) is 8.49. The zero-order valence-electron chi connectivity index (χ0n) is 18.5. The number of nitrogens with one attached hydrogen (secondary N) is 1. The summed E-state index contributed by atoms with van der Waals surface area (Å²) in [4.78, 5) is 2.23. The summed E-state index contributed by atoms with van der Waals surface area (Å²) < 4.78 is 23.6. The lowest BCUT2D eigenvalue weighted by Crippen LogP contribution is -2.50. The molecule has 0 radical (unpaired) electrons. The molecular weight excluding hydrogens is 411 g/mol. The molecule has 0 bridgehead atoms. The highest BCUT2D eigenvalue weighted by atomic mass is 32.2. The number of hydrogen-bond donors (Lipinski definition) is 3. The Morgan fingerprint density at radius 3 is 2.81 bits per heavy atom. The van der Waals surface area contributed by atoms with Crippen molar-refractivity contribution in [1.82, 2.24) is 9.62 Å². The Kier molecular flexibility index (Phi) is 9.55. The van der Waals surface area contributed by atoms with Crippen LogP contribution in [0.25, 0.3) is 0 Å². The third kappa shape index (κ3) is 7.16. The minimum Gasteiger partial charge on any atom is -0.405 e. The van der Waals surface area contributed by atoms with Crippen molar-refractivity contribution in [3.05, 3.63) is 59.8 Å². The first-order valence-corrected chi connectivity index (χ1v) is 12.4. The van der Waals surface area contributed by atoms with Crippen molar-refractivity contribution in [3.63, 3.8) is 0 Å². The highest BCUT2D eigenvalue weighted by Gasteiger charge is 2.31. The first kappa shape index (κ1) is 24.0. The van der Waals surface area contributed by atoms with E-state index >= 15 is 0 Å². The van der Waals surface area contributed by atoms with Crippen LogP contribution >= 0.6 is 11.9 Å². The van der Waals surface area contributed by atoms with Crippen molar-refractivity contribution in [2.24, 2.45) is 17.4 Å². The molecule has 1 aromatic rings. The van der Waals surface area contributed by atoms with Crippen LogP contribution < -0.4 is 16.2 Å². The fraction of sp³-hybridized carbons (Fsp3) is 0.583. The lowest BCUT2D eigenvalue weighted by Gasteiger charge is -2.40. The maximum absolute atomic E-state index is 13.5. The van der Waals surface area contributed by atoms with Gasteiger partial charge in [-0.25, -0.2) is 4.39 Å². The Hall–Kier alpha value is -1.70. The summed E-state index contributed by atoms with van der Waals surface area (Å²) >= 11 is 1.77. The average molecular weight is 449 g/mol. The Labute approximate surface area is 190 Å². The molecular formula is C24H37FN4OS. The molecule has 2 fully saturated rings. The van der Waals surface area contributed by atoms with Gasteiger partial charge in [-0.3, -0.25) is 4.72 Å². The van der Waals surface area contributed by atoms with E-state index in [2.05, 4.69) is 16.5 Å². The van der Waals surface area contributed by atoms with E-state index in [0.717, 1.165) is 68.9 Å². The molecule has 172 valence electrons. The van der Waals surface area contributed by atoms with Gasteiger partial charge in [-0.15, -0.1) is 0 Å². The lowest BCUT2D eigenvalue weighted by molar-refractivity contribution is -0.0134. The number of nitrogens with zero attached hydrogens (tertiary/aromatic N) is 1. The summed E-state index contributed by atoms with van der Waals surface area (Å²) in [7, 11) is 0. The SMILES string of the molecule is CCSNC1CCN(/C(N)=C/C=C\N)CC1CO[C@H]1CC[C@@H](c2cccc(F)c2)CC1. The molecule has 3 rings (SSSR count). The van der Waals surface area contributed by atoms with Crippen LogP contribution in [0.15, 0.2) is 48.4 Å². The molecule has 5 nitrogen and oxygen atoms in total. The molecule has 2 aliphatic rings. The van der Waals surface area contributed by atoms with E-state index in [-0.39, 0.29) is 11.9 Å². The van der Waals surface area contributed by atoms with Gasteiger partial charge in [-0.05, 0) is 74.1 Å². The predicted octanol–water partition coefficient (Wildman–Crippen LogP) is 4.09. The average Bonchev–Trinajstić information content (AvgIpc) is 2.80. The van der Waals surface area contributed by atoms with E-state index < -0.39 is 0 Å². The Balaban J connectivity index is 1.52. The summed E-state index contributed by atoms with van der Waals surface area (Å²) in [5, 5.41) is 0. The lowest BCUT2D eigenvalue weighted by atomic mass is 9.82. The molecule has 7 heteroatoms. The Morgan fingerprint density at radius 2 is 2.10 bits per heavy atom. The molecule has 5 N–H and O–H groups in total. The van der Waals surface area contributed by atoms with E-state index in [0.29, 0.717) is 17.9 Å². The summed E-state index contributed by atoms with van der Waals surface area (Å²) in [6.45, 7) is 4.70. The minimum atomic E-state index is -0.142. The number of benzene rings is 1. The zero-order valence-corrected chi connectivity index (χ0v) is 19.3. The van der Waals surface area contributed by atoms with Crippen LogP contribution in [0.1, 0.15) is 50.5 Å². The van der Waals surface area contributed by atoms with Crippen molar-refractivity contribution in [2.45, 2.75) is 57.1 Å². The number of nitrogens with two attached hydrogens (primary N) is 2. The molecule has 1 aliphatic carbocycles. The van der Waals surface area contributed by atoms with E-state index in [4.69, 9.17) is 16.2 Å². The van der Waals surface area contributed by atoms with Gasteiger partial charge in [0, 0.05) is 30.8 Å². The maximum atomic E-state index is 13.5. The third-order valence-electron chi connectivity index (χ3n) is 6.40. The van der Waals surface area contributed by atoms with E-state index in [9.17, 15) is 4.39 Å². The number of hydrogen-bond acceptors (Lipinski definition) is 6. The maximum Gasteiger partial charge on any atom is 0.123 e. The highest BCUT2D eigenvalue weighted by Crippen LogP contribution is 2.34. The van der Waals surface area contributed by atoms with Crippen LogP contribution in [-0.4, -0.2) is 42.5 Å². The molecule has 2 atom stereocenters. The van der Waals surface area contributed by atoms with Gasteiger partial charge in [0.05, 0.1) is 18.5 Å². The number of allylic oxidation sites excluding steroid dienone is 2. The molecule has 0 amide bonds. The van der Waals surface area contributed by atoms with Gasteiger partial charge in [0.1, 0.15) is 5.82 Å². The van der Waals surface area contributed by atoms with Crippen LogP contribution in [0.5, 0.6) is 0 Å². The standard InChI is InChI=1S/C24H37FN4OS/c1-2-31-28-23-12-14-29(24(27)7-4-13-26)16-20(23)17-30-22-10-8-18(9-11-22)19-5-3-6-21(25)15-19/h3-7,13,15,18,20,22-23,28H,2,8-12,14,16-17,26-27H2,1H3/b13-4-,24-7+/t18-,20?,22+,23?. The van der Waals surface area contributed by atoms with Gasteiger partial charge in [0.25, 0.3) is 0 Å². The summed E-state index contributed by atoms with van der Waals surface area (Å²) in [5.41, 5.74) is 12.8. The van der Waals surface area contributed by atoms with E-state index in [1.165, 1.54) is 12.3 Å². The van der Waals surface area contributed by atoms with Gasteiger partial charge in [0.15, 0.2) is 0 Å². The number of likely N-dealkylation sites (tertiary alicyclic amines) is 1. The van der Waals surface area contributed by atoms with Crippen molar-refractivity contribution < 1.29 is 9.13 Å². The summed E-state index contributed by atoms with van der Waals surface area (Å²) in [6, 6.07) is 7.48. The van der Waals surface area contributed by atoms with Crippen LogP contribution in [0.3, 0.4) is 0 Å². The molecule has 1 saturated heterocycles. The molecule has 31 heavy (non-hydrogen) atoms. The molecule has 1 aliphatic heterocycles. The molecule has 2 unspecified atom stereocenters. The largest absolute Gasteiger partial charge is 0.405 e. The first-order valence-electron chi connectivity index (χ1n) is 11.4. The minimum absolute atomic E-state index is 0.142. The topological polar surface area (TPSA) is 76.5 Å². The number of rotatable bonds is 9. The fourth-order valence-corrected chi connectivity index (χ4v) is 5.31. The smallest absolute Gasteiger partial charge is 0.123 e. The van der Waals surface area contributed by atoms with Crippen LogP contribution in [0.2, 0.25) is 0 Å². The number of ether oxygens (including phenoxy) is 1. The number of halogens is 1. The monoisotopic (exact) mass is 448 g/mol. The normalized spacial score (nSPS) is 27.7. The zero-order chi connectivity index (χ0) is 22.1. The summed E-state index contributed by atoms with van der Waals surface area (Å²) in [6.07, 6.45) is 10.6. The van der Waals surface area contributed by atoms with E-state index in [1.807, 2.05) is 18.2 Å². The van der Waals surface area contributed by atoms with Gasteiger partial charge >= 0.3 is 0 Å². The van der Waals surface area contributed by atoms with Crippen molar-refractivity contribution in [2.75, 3.05) is 25.4 Å². The molecule has 1 heterocycles. The van der Waals surface area contributed by atoms with Gasteiger partial charge in [-0.2, -0.15) is 0 Å². The van der Waals surface area contributed by atoms with Crippen LogP contribution in [0, 0.1) is 11.7 Å². The second-order valence-corrected chi connectivity index (χ2v) is 9.59. The molecule has 0 aromatic heterocycles. The van der Waals surface area contributed by atoms with Gasteiger partial charge in [-0.1, -0.05) is 31.0 Å². The van der Waals surface area contributed by atoms with Crippen molar-refractivity contribution in [1.29, 1.82) is 0 Å². The predicted molar refractivity (Wildman–Crippen MR) is 128 cm³/mol.